The van der Waals surface area contributed by atoms with Crippen molar-refractivity contribution in [2.45, 2.75) is 13.3 Å². The van der Waals surface area contributed by atoms with E-state index in [1.165, 1.54) is 5.56 Å². The first-order valence-corrected chi connectivity index (χ1v) is 5.83. The van der Waals surface area contributed by atoms with Crippen LogP contribution in [-0.2, 0) is 6.42 Å². The number of fused-ring (bicyclic) bond motifs is 1. The average Bonchev–Trinajstić information content (AvgIpc) is 2.35. The van der Waals surface area contributed by atoms with Crippen LogP contribution < -0.4 is 10.1 Å². The quantitative estimate of drug-likeness (QED) is 0.875. The Labute approximate surface area is 102 Å². The Balaban J connectivity index is 2.43. The summed E-state index contributed by atoms with van der Waals surface area (Å²) in [6.45, 7) is 3.06. The Hall–Kier alpha value is -1.61. The van der Waals surface area contributed by atoms with Crippen LogP contribution in [0.1, 0.15) is 11.3 Å². The largest absolute Gasteiger partial charge is 0.497 e. The van der Waals surface area contributed by atoms with Crippen LogP contribution in [0.25, 0.3) is 10.9 Å². The summed E-state index contributed by atoms with van der Waals surface area (Å²) in [5.41, 5.74) is 3.43. The lowest BCUT2D eigenvalue weighted by Crippen LogP contribution is -2.12. The number of ether oxygens (including phenoxy) is 1. The minimum atomic E-state index is 0.877. The molecule has 1 heterocycles. The molecule has 0 bridgehead atoms. The lowest BCUT2D eigenvalue weighted by atomic mass is 10.1. The maximum Gasteiger partial charge on any atom is 0.119 e. The van der Waals surface area contributed by atoms with Gasteiger partial charge in [0.2, 0.25) is 0 Å². The third kappa shape index (κ3) is 2.56. The molecule has 0 spiro atoms. The molecule has 2 rings (SSSR count). The van der Waals surface area contributed by atoms with E-state index in [0.29, 0.717) is 0 Å². The van der Waals surface area contributed by atoms with Crippen molar-refractivity contribution in [3.8, 4) is 5.75 Å². The van der Waals surface area contributed by atoms with Crippen LogP contribution in [-0.4, -0.2) is 25.7 Å². The van der Waals surface area contributed by atoms with E-state index in [1.807, 2.05) is 25.2 Å². The van der Waals surface area contributed by atoms with E-state index in [0.717, 1.165) is 35.3 Å². The smallest absolute Gasteiger partial charge is 0.119 e. The first kappa shape index (κ1) is 11.9. The normalized spacial score (nSPS) is 10.8. The van der Waals surface area contributed by atoms with Gasteiger partial charge in [0.05, 0.1) is 12.6 Å². The zero-order valence-electron chi connectivity index (χ0n) is 10.6. The van der Waals surface area contributed by atoms with Crippen molar-refractivity contribution >= 4 is 10.9 Å². The number of aryl methyl sites for hydroxylation is 1. The fraction of sp³-hybridized carbons (Fsp3) is 0.357. The predicted molar refractivity (Wildman–Crippen MR) is 70.7 cm³/mol. The van der Waals surface area contributed by atoms with Gasteiger partial charge in [-0.05, 0) is 43.8 Å². The number of nitrogens with zero attached hydrogens (tertiary/aromatic N) is 1. The topological polar surface area (TPSA) is 34.2 Å². The Morgan fingerprint density at radius 1 is 1.29 bits per heavy atom. The number of nitrogens with one attached hydrogen (secondary N) is 1. The standard InChI is InChI=1S/C14H18N2O/c1-10-8-11-9-12(17-3)4-5-14(11)16-13(10)6-7-15-2/h4-5,8-9,15H,6-7H2,1-3H3. The number of hydrogen-bond donors (Lipinski definition) is 1. The SMILES string of the molecule is CNCCc1nc2ccc(OC)cc2cc1C. The summed E-state index contributed by atoms with van der Waals surface area (Å²) in [6.07, 6.45) is 0.963. The zero-order valence-corrected chi connectivity index (χ0v) is 10.6. The molecule has 0 aliphatic rings. The summed E-state index contributed by atoms with van der Waals surface area (Å²) in [5.74, 6) is 0.877. The van der Waals surface area contributed by atoms with Crippen molar-refractivity contribution in [1.29, 1.82) is 0 Å². The molecule has 3 heteroatoms. The molecule has 1 aromatic carbocycles. The molecule has 0 amide bonds. The van der Waals surface area contributed by atoms with E-state index in [4.69, 9.17) is 9.72 Å². The molecule has 17 heavy (non-hydrogen) atoms. The molecule has 0 saturated carbocycles. The summed E-state index contributed by atoms with van der Waals surface area (Å²) >= 11 is 0. The van der Waals surface area contributed by atoms with Crippen molar-refractivity contribution in [1.82, 2.24) is 10.3 Å². The third-order valence-electron chi connectivity index (χ3n) is 2.93. The molecule has 1 aromatic heterocycles. The highest BCUT2D eigenvalue weighted by Gasteiger charge is 2.04. The van der Waals surface area contributed by atoms with E-state index >= 15 is 0 Å². The molecule has 90 valence electrons. The molecule has 0 aliphatic carbocycles. The first-order valence-electron chi connectivity index (χ1n) is 5.83. The van der Waals surface area contributed by atoms with Gasteiger partial charge in [-0.25, -0.2) is 0 Å². The van der Waals surface area contributed by atoms with Gasteiger partial charge in [0.1, 0.15) is 5.75 Å². The Morgan fingerprint density at radius 2 is 2.12 bits per heavy atom. The van der Waals surface area contributed by atoms with Gasteiger partial charge in [-0.15, -0.1) is 0 Å². The molecule has 0 unspecified atom stereocenters. The van der Waals surface area contributed by atoms with E-state index in [9.17, 15) is 0 Å². The second-order valence-electron chi connectivity index (χ2n) is 4.16. The number of benzene rings is 1. The fourth-order valence-electron chi connectivity index (χ4n) is 1.92. The lowest BCUT2D eigenvalue weighted by Gasteiger charge is -2.08. The minimum Gasteiger partial charge on any atom is -0.497 e. The second kappa shape index (κ2) is 5.15. The summed E-state index contributed by atoms with van der Waals surface area (Å²) in [6, 6.07) is 8.16. The maximum atomic E-state index is 5.22. The van der Waals surface area contributed by atoms with Crippen LogP contribution in [0.5, 0.6) is 5.75 Å². The number of pyridine rings is 1. The third-order valence-corrected chi connectivity index (χ3v) is 2.93. The molecular weight excluding hydrogens is 212 g/mol. The molecule has 0 atom stereocenters. The molecule has 3 nitrogen and oxygen atoms in total. The van der Waals surface area contributed by atoms with Crippen LogP contribution in [0, 0.1) is 6.92 Å². The minimum absolute atomic E-state index is 0.877. The average molecular weight is 230 g/mol. The van der Waals surface area contributed by atoms with E-state index in [1.54, 1.807) is 7.11 Å². The highest BCUT2D eigenvalue weighted by Crippen LogP contribution is 2.21. The van der Waals surface area contributed by atoms with E-state index in [-0.39, 0.29) is 0 Å². The van der Waals surface area contributed by atoms with Crippen molar-refractivity contribution in [3.05, 3.63) is 35.5 Å². The lowest BCUT2D eigenvalue weighted by molar-refractivity contribution is 0.415. The van der Waals surface area contributed by atoms with E-state index < -0.39 is 0 Å². The summed E-state index contributed by atoms with van der Waals surface area (Å²) < 4.78 is 5.22. The maximum absolute atomic E-state index is 5.22. The first-order chi connectivity index (χ1) is 8.24. The van der Waals surface area contributed by atoms with Crippen molar-refractivity contribution in [2.24, 2.45) is 0 Å². The Bertz CT molecular complexity index is 523. The van der Waals surface area contributed by atoms with Crippen molar-refractivity contribution in [3.63, 3.8) is 0 Å². The van der Waals surface area contributed by atoms with Gasteiger partial charge in [-0.2, -0.15) is 0 Å². The van der Waals surface area contributed by atoms with Crippen LogP contribution in [0.15, 0.2) is 24.3 Å². The fourth-order valence-corrected chi connectivity index (χ4v) is 1.92. The van der Waals surface area contributed by atoms with Gasteiger partial charge in [0.25, 0.3) is 0 Å². The van der Waals surface area contributed by atoms with Crippen LogP contribution in [0.3, 0.4) is 0 Å². The zero-order chi connectivity index (χ0) is 12.3. The van der Waals surface area contributed by atoms with Gasteiger partial charge >= 0.3 is 0 Å². The van der Waals surface area contributed by atoms with E-state index in [2.05, 4.69) is 18.3 Å². The van der Waals surface area contributed by atoms with Gasteiger partial charge < -0.3 is 10.1 Å². The number of aromatic nitrogens is 1. The molecule has 0 radical (unpaired) electrons. The summed E-state index contributed by atoms with van der Waals surface area (Å²) in [5, 5.41) is 4.28. The highest BCUT2D eigenvalue weighted by molar-refractivity contribution is 5.81. The Morgan fingerprint density at radius 3 is 2.82 bits per heavy atom. The second-order valence-corrected chi connectivity index (χ2v) is 4.16. The van der Waals surface area contributed by atoms with Gasteiger partial charge in [-0.3, -0.25) is 4.98 Å². The van der Waals surface area contributed by atoms with Crippen LogP contribution >= 0.6 is 0 Å². The molecular formula is C14H18N2O. The van der Waals surface area contributed by atoms with Gasteiger partial charge in [0.15, 0.2) is 0 Å². The van der Waals surface area contributed by atoms with Crippen LogP contribution in [0.4, 0.5) is 0 Å². The number of likely N-dealkylation sites (N-methyl/N-ethyl adjacent to an activating group) is 1. The van der Waals surface area contributed by atoms with Crippen molar-refractivity contribution in [2.75, 3.05) is 20.7 Å². The van der Waals surface area contributed by atoms with Crippen molar-refractivity contribution < 1.29 is 4.74 Å². The number of rotatable bonds is 4. The predicted octanol–water partition coefficient (Wildman–Crippen LogP) is 2.31. The van der Waals surface area contributed by atoms with Gasteiger partial charge in [-0.1, -0.05) is 0 Å². The molecule has 0 aliphatic heterocycles. The van der Waals surface area contributed by atoms with Crippen LogP contribution in [0.2, 0.25) is 0 Å². The monoisotopic (exact) mass is 230 g/mol. The Kier molecular flexibility index (Phi) is 3.59. The number of methoxy groups -OCH3 is 1. The molecule has 1 N–H and O–H groups in total. The molecule has 0 saturated heterocycles. The molecule has 0 fully saturated rings. The highest BCUT2D eigenvalue weighted by atomic mass is 16.5. The summed E-state index contributed by atoms with van der Waals surface area (Å²) in [4.78, 5) is 4.69. The number of hydrogen-bond acceptors (Lipinski definition) is 3. The van der Waals surface area contributed by atoms with Gasteiger partial charge in [0, 0.05) is 24.0 Å². The molecule has 2 aromatic rings. The summed E-state index contributed by atoms with van der Waals surface area (Å²) in [7, 11) is 3.64.